The Bertz CT molecular complexity index is 1680. The summed E-state index contributed by atoms with van der Waals surface area (Å²) in [4.78, 5) is 20.2. The van der Waals surface area contributed by atoms with Gasteiger partial charge >= 0.3 is 12.1 Å². The van der Waals surface area contributed by atoms with Crippen molar-refractivity contribution in [3.63, 3.8) is 0 Å². The molecule has 188 valence electrons. The maximum Gasteiger partial charge on any atom is 0.420 e. The second kappa shape index (κ2) is 8.69. The van der Waals surface area contributed by atoms with Gasteiger partial charge in [-0.2, -0.15) is 13.2 Å². The number of benzene rings is 2. The Morgan fingerprint density at radius 3 is 2.54 bits per heavy atom. The monoisotopic (exact) mass is 512 g/mol. The molecule has 2 N–H and O–H groups in total. The van der Waals surface area contributed by atoms with Gasteiger partial charge in [-0.1, -0.05) is 6.07 Å². The zero-order chi connectivity index (χ0) is 26.5. The highest BCUT2D eigenvalue weighted by Gasteiger charge is 2.36. The predicted octanol–water partition coefficient (Wildman–Crippen LogP) is 4.88. The van der Waals surface area contributed by atoms with Crippen LogP contribution in [0.5, 0.6) is 0 Å². The average Bonchev–Trinajstić information content (AvgIpc) is 3.47. The van der Waals surface area contributed by atoms with Gasteiger partial charge in [0.05, 0.1) is 12.7 Å². The molecule has 0 amide bonds. The number of nitrogens with two attached hydrogens (primary N) is 1. The summed E-state index contributed by atoms with van der Waals surface area (Å²) in [7, 11) is 2.74. The number of fused-ring (bicyclic) bond motifs is 1. The number of methoxy groups -OCH3 is 1. The molecule has 0 spiro atoms. The number of rotatable bonds is 4. The minimum Gasteiger partial charge on any atom is -0.465 e. The molecule has 0 saturated carbocycles. The number of halogens is 4. The number of anilines is 1. The largest absolute Gasteiger partial charge is 0.465 e. The van der Waals surface area contributed by atoms with E-state index in [9.17, 15) is 22.4 Å². The van der Waals surface area contributed by atoms with E-state index in [4.69, 9.17) is 10.2 Å². The number of ether oxygens (including phenoxy) is 1. The van der Waals surface area contributed by atoms with Gasteiger partial charge in [0.2, 0.25) is 5.89 Å². The van der Waals surface area contributed by atoms with Crippen LogP contribution < -0.4 is 5.73 Å². The Balaban J connectivity index is 1.69. The number of alkyl halides is 3. The van der Waals surface area contributed by atoms with Gasteiger partial charge in [0, 0.05) is 12.6 Å². The molecule has 0 radical (unpaired) electrons. The SMILES string of the molecule is COC(=O)c1cc(C(F)(F)F)c2oc(-c3cc(-c4ccc(F)cc4-c4nncn4C)cc(N)n3)nc2c1. The van der Waals surface area contributed by atoms with Gasteiger partial charge in [0.1, 0.15) is 34.7 Å². The van der Waals surface area contributed by atoms with E-state index in [1.807, 2.05) is 0 Å². The highest BCUT2D eigenvalue weighted by molar-refractivity contribution is 5.95. The van der Waals surface area contributed by atoms with Crippen LogP contribution in [-0.4, -0.2) is 37.8 Å². The number of carbonyl (C=O) groups excluding carboxylic acids is 1. The van der Waals surface area contributed by atoms with Gasteiger partial charge in [-0.3, -0.25) is 0 Å². The molecule has 5 aromatic rings. The Kier molecular flexibility index (Phi) is 5.62. The van der Waals surface area contributed by atoms with Crippen molar-refractivity contribution in [2.75, 3.05) is 12.8 Å². The molecule has 9 nitrogen and oxygen atoms in total. The lowest BCUT2D eigenvalue weighted by Gasteiger charge is -2.11. The molecule has 0 fully saturated rings. The normalized spacial score (nSPS) is 11.7. The lowest BCUT2D eigenvalue weighted by Crippen LogP contribution is -2.09. The minimum atomic E-state index is -4.84. The Morgan fingerprint density at radius 2 is 1.86 bits per heavy atom. The molecule has 0 bridgehead atoms. The zero-order valence-electron chi connectivity index (χ0n) is 19.2. The van der Waals surface area contributed by atoms with Crippen LogP contribution in [0, 0.1) is 5.82 Å². The first kappa shape index (κ1) is 23.9. The smallest absolute Gasteiger partial charge is 0.420 e. The molecular weight excluding hydrogens is 496 g/mol. The summed E-state index contributed by atoms with van der Waals surface area (Å²) in [6.07, 6.45) is -3.39. The quantitative estimate of drug-likeness (QED) is 0.267. The van der Waals surface area contributed by atoms with E-state index in [1.165, 1.54) is 36.7 Å². The van der Waals surface area contributed by atoms with Crippen molar-refractivity contribution in [3.05, 3.63) is 65.7 Å². The average molecular weight is 512 g/mol. The van der Waals surface area contributed by atoms with Crippen molar-refractivity contribution >= 4 is 22.9 Å². The standard InChI is InChI=1S/C24H16F4N6O3/c1-34-10-30-33-21(34)15-9-13(25)3-4-14(15)11-6-18(31-19(29)8-11)22-32-17-7-12(23(35)36-2)5-16(20(17)37-22)24(26,27)28/h3-10H,1-2H3,(H2,29,31). The van der Waals surface area contributed by atoms with Gasteiger partial charge < -0.3 is 19.5 Å². The van der Waals surface area contributed by atoms with E-state index >= 15 is 0 Å². The second-order valence-corrected chi connectivity index (χ2v) is 8.00. The lowest BCUT2D eigenvalue weighted by atomic mass is 9.98. The fourth-order valence-corrected chi connectivity index (χ4v) is 3.89. The number of nitrogen functional groups attached to an aromatic ring is 1. The summed E-state index contributed by atoms with van der Waals surface area (Å²) in [5, 5.41) is 7.86. The van der Waals surface area contributed by atoms with E-state index < -0.39 is 29.1 Å². The molecule has 0 aliphatic heterocycles. The third kappa shape index (κ3) is 4.35. The summed E-state index contributed by atoms with van der Waals surface area (Å²) < 4.78 is 67.0. The summed E-state index contributed by atoms with van der Waals surface area (Å²) in [6, 6.07) is 8.79. The highest BCUT2D eigenvalue weighted by Crippen LogP contribution is 2.39. The predicted molar refractivity (Wildman–Crippen MR) is 123 cm³/mol. The van der Waals surface area contributed by atoms with Crippen molar-refractivity contribution in [1.29, 1.82) is 0 Å². The molecule has 0 saturated heterocycles. The van der Waals surface area contributed by atoms with Crippen LogP contribution in [0.3, 0.4) is 0 Å². The van der Waals surface area contributed by atoms with E-state index in [0.29, 0.717) is 28.6 Å². The van der Waals surface area contributed by atoms with Crippen LogP contribution in [0.25, 0.3) is 45.2 Å². The van der Waals surface area contributed by atoms with Crippen molar-refractivity contribution in [2.45, 2.75) is 6.18 Å². The summed E-state index contributed by atoms with van der Waals surface area (Å²) >= 11 is 0. The first-order chi connectivity index (χ1) is 17.5. The molecule has 5 rings (SSSR count). The molecule has 3 aromatic heterocycles. The minimum absolute atomic E-state index is 0.00860. The second-order valence-electron chi connectivity index (χ2n) is 8.00. The van der Waals surface area contributed by atoms with Crippen LogP contribution in [0.4, 0.5) is 23.4 Å². The molecule has 0 atom stereocenters. The molecular formula is C24H16F4N6O3. The molecule has 3 heterocycles. The van der Waals surface area contributed by atoms with Crippen LogP contribution in [-0.2, 0) is 18.0 Å². The van der Waals surface area contributed by atoms with Gasteiger partial charge in [-0.05, 0) is 47.5 Å². The topological polar surface area (TPSA) is 122 Å². The van der Waals surface area contributed by atoms with Gasteiger partial charge in [0.15, 0.2) is 11.4 Å². The van der Waals surface area contributed by atoms with Gasteiger partial charge in [-0.15, -0.1) is 10.2 Å². The van der Waals surface area contributed by atoms with Crippen molar-refractivity contribution in [1.82, 2.24) is 24.7 Å². The van der Waals surface area contributed by atoms with E-state index in [0.717, 1.165) is 13.2 Å². The number of hydrogen-bond donors (Lipinski definition) is 1. The van der Waals surface area contributed by atoms with Crippen LogP contribution in [0.15, 0.2) is 53.2 Å². The van der Waals surface area contributed by atoms with E-state index in [2.05, 4.69) is 24.9 Å². The van der Waals surface area contributed by atoms with Crippen molar-refractivity contribution in [3.8, 4) is 34.1 Å². The van der Waals surface area contributed by atoms with Crippen molar-refractivity contribution < 1.29 is 31.5 Å². The van der Waals surface area contributed by atoms with Gasteiger partial charge in [-0.25, -0.2) is 19.2 Å². The molecule has 13 heteroatoms. The third-order valence-corrected chi connectivity index (χ3v) is 5.53. The van der Waals surface area contributed by atoms with Crippen LogP contribution in [0.1, 0.15) is 15.9 Å². The Morgan fingerprint density at radius 1 is 1.08 bits per heavy atom. The van der Waals surface area contributed by atoms with E-state index in [1.54, 1.807) is 11.6 Å². The number of esters is 1. The first-order valence-corrected chi connectivity index (χ1v) is 10.6. The number of aromatic nitrogens is 5. The Labute approximate surface area is 205 Å². The van der Waals surface area contributed by atoms with Crippen LogP contribution in [0.2, 0.25) is 0 Å². The molecule has 2 aromatic carbocycles. The molecule has 0 unspecified atom stereocenters. The molecule has 37 heavy (non-hydrogen) atoms. The third-order valence-electron chi connectivity index (χ3n) is 5.53. The number of hydrogen-bond acceptors (Lipinski definition) is 8. The number of oxazole rings is 1. The van der Waals surface area contributed by atoms with Crippen LogP contribution >= 0.6 is 0 Å². The Hall–Kier alpha value is -4.81. The van der Waals surface area contributed by atoms with E-state index in [-0.39, 0.29) is 28.5 Å². The molecule has 0 aliphatic carbocycles. The maximum absolute atomic E-state index is 14.1. The number of aryl methyl sites for hydroxylation is 1. The highest BCUT2D eigenvalue weighted by atomic mass is 19.4. The first-order valence-electron chi connectivity index (χ1n) is 10.6. The summed E-state index contributed by atoms with van der Waals surface area (Å²) in [6.45, 7) is 0. The van der Waals surface area contributed by atoms with Crippen molar-refractivity contribution in [2.24, 2.45) is 7.05 Å². The number of pyridine rings is 1. The fraction of sp³-hybridized carbons (Fsp3) is 0.125. The van der Waals surface area contributed by atoms with Gasteiger partial charge in [0.25, 0.3) is 0 Å². The summed E-state index contributed by atoms with van der Waals surface area (Å²) in [5.41, 5.74) is 5.04. The summed E-state index contributed by atoms with van der Waals surface area (Å²) in [5.74, 6) is -1.36. The number of carbonyl (C=O) groups is 1. The number of nitrogens with zero attached hydrogens (tertiary/aromatic N) is 5. The zero-order valence-corrected chi connectivity index (χ0v) is 19.2. The fourth-order valence-electron chi connectivity index (χ4n) is 3.89. The lowest BCUT2D eigenvalue weighted by molar-refractivity contribution is -0.136. The molecule has 0 aliphatic rings. The maximum atomic E-state index is 14.1.